The minimum Gasteiger partial charge on any atom is -0.432 e. The number of rotatable bonds is 9. The van der Waals surface area contributed by atoms with Crippen LogP contribution in [0.4, 0.5) is 17.6 Å². The summed E-state index contributed by atoms with van der Waals surface area (Å²) < 4.78 is 57.9. The molecule has 3 aromatic carbocycles. The third-order valence-corrected chi connectivity index (χ3v) is 7.05. The number of halogens is 4. The third kappa shape index (κ3) is 5.81. The number of ether oxygens (including phenoxy) is 1. The van der Waals surface area contributed by atoms with Crippen LogP contribution in [0, 0.1) is 17.6 Å². The molecule has 0 atom stereocenters. The number of aryl methyl sites for hydroxylation is 2. The van der Waals surface area contributed by atoms with Gasteiger partial charge in [0, 0.05) is 5.39 Å². The van der Waals surface area contributed by atoms with Crippen LogP contribution in [0.5, 0.6) is 5.75 Å². The Morgan fingerprint density at radius 1 is 0.941 bits per heavy atom. The molecular weight excluding hydrogens is 440 g/mol. The van der Waals surface area contributed by atoms with E-state index < -0.39 is 18.2 Å². The van der Waals surface area contributed by atoms with Crippen LogP contribution in [-0.4, -0.2) is 6.61 Å². The summed E-state index contributed by atoms with van der Waals surface area (Å²) in [6, 6.07) is 13.7. The van der Waals surface area contributed by atoms with Gasteiger partial charge in [-0.25, -0.2) is 8.78 Å². The molecule has 1 nitrogen and oxygen atoms in total. The number of fused-ring (bicyclic) bond motifs is 1. The summed E-state index contributed by atoms with van der Waals surface area (Å²) in [6.45, 7) is 0.740. The molecule has 5 heteroatoms. The SMILES string of the molecule is C=CCCC1CCC(c2ccc3c(F)c(CCc4ccc(OC(F)F)c(F)c4)ccc3c2)CC1. The number of alkyl halides is 2. The maximum Gasteiger partial charge on any atom is 0.387 e. The van der Waals surface area contributed by atoms with Crippen LogP contribution in [0.3, 0.4) is 0 Å². The largest absolute Gasteiger partial charge is 0.432 e. The van der Waals surface area contributed by atoms with Crippen LogP contribution < -0.4 is 4.74 Å². The van der Waals surface area contributed by atoms with Crippen molar-refractivity contribution in [3.63, 3.8) is 0 Å². The molecule has 0 heterocycles. The van der Waals surface area contributed by atoms with Crippen molar-refractivity contribution in [1.29, 1.82) is 0 Å². The number of benzene rings is 3. The molecule has 1 aliphatic carbocycles. The molecule has 4 rings (SSSR count). The van der Waals surface area contributed by atoms with Gasteiger partial charge in [0.05, 0.1) is 0 Å². The highest BCUT2D eigenvalue weighted by Crippen LogP contribution is 2.38. The lowest BCUT2D eigenvalue weighted by Gasteiger charge is -2.28. The molecule has 180 valence electrons. The summed E-state index contributed by atoms with van der Waals surface area (Å²) in [5.74, 6) is -0.277. The maximum atomic E-state index is 15.2. The van der Waals surface area contributed by atoms with Gasteiger partial charge in [0.2, 0.25) is 0 Å². The molecule has 0 N–H and O–H groups in total. The smallest absolute Gasteiger partial charge is 0.387 e. The van der Waals surface area contributed by atoms with Crippen LogP contribution >= 0.6 is 0 Å². The van der Waals surface area contributed by atoms with Crippen molar-refractivity contribution in [2.24, 2.45) is 5.92 Å². The monoisotopic (exact) mass is 470 g/mol. The predicted octanol–water partition coefficient (Wildman–Crippen LogP) is 8.74. The molecule has 0 amide bonds. The van der Waals surface area contributed by atoms with Gasteiger partial charge in [-0.3, -0.25) is 0 Å². The van der Waals surface area contributed by atoms with Gasteiger partial charge in [-0.1, -0.05) is 42.5 Å². The zero-order valence-corrected chi connectivity index (χ0v) is 19.2. The van der Waals surface area contributed by atoms with Gasteiger partial charge >= 0.3 is 6.61 Å². The first-order chi connectivity index (χ1) is 16.4. The summed E-state index contributed by atoms with van der Waals surface area (Å²) in [6.07, 6.45) is 9.89. The zero-order valence-electron chi connectivity index (χ0n) is 19.2. The first-order valence-corrected chi connectivity index (χ1v) is 12.0. The molecule has 0 aliphatic heterocycles. The van der Waals surface area contributed by atoms with Gasteiger partial charge in [0.1, 0.15) is 5.82 Å². The van der Waals surface area contributed by atoms with Crippen molar-refractivity contribution in [2.75, 3.05) is 0 Å². The second-order valence-corrected chi connectivity index (χ2v) is 9.25. The van der Waals surface area contributed by atoms with E-state index in [1.54, 1.807) is 6.07 Å². The highest BCUT2D eigenvalue weighted by molar-refractivity contribution is 5.84. The van der Waals surface area contributed by atoms with E-state index in [9.17, 15) is 13.2 Å². The highest BCUT2D eigenvalue weighted by Gasteiger charge is 2.22. The fraction of sp³-hybridized carbons (Fsp3) is 0.379. The van der Waals surface area contributed by atoms with Gasteiger partial charge in [0.15, 0.2) is 11.6 Å². The minimum absolute atomic E-state index is 0.254. The summed E-state index contributed by atoms with van der Waals surface area (Å²) in [4.78, 5) is 0. The van der Waals surface area contributed by atoms with Crippen molar-refractivity contribution >= 4 is 10.8 Å². The Labute approximate surface area is 198 Å². The highest BCUT2D eigenvalue weighted by atomic mass is 19.3. The van der Waals surface area contributed by atoms with E-state index in [4.69, 9.17) is 0 Å². The van der Waals surface area contributed by atoms with E-state index >= 15 is 4.39 Å². The van der Waals surface area contributed by atoms with Crippen molar-refractivity contribution in [3.8, 4) is 5.75 Å². The summed E-state index contributed by atoms with van der Waals surface area (Å²) in [5.41, 5.74) is 2.43. The fourth-order valence-electron chi connectivity index (χ4n) is 5.11. The Bertz CT molecular complexity index is 1130. The number of hydrogen-bond donors (Lipinski definition) is 0. The van der Waals surface area contributed by atoms with Crippen molar-refractivity contribution in [3.05, 3.63) is 89.5 Å². The van der Waals surface area contributed by atoms with Crippen LogP contribution in [0.15, 0.2) is 61.2 Å². The Hall–Kier alpha value is -2.82. The van der Waals surface area contributed by atoms with Gasteiger partial charge in [-0.2, -0.15) is 8.78 Å². The van der Waals surface area contributed by atoms with Crippen molar-refractivity contribution < 1.29 is 22.3 Å². The van der Waals surface area contributed by atoms with E-state index in [-0.39, 0.29) is 5.82 Å². The molecule has 1 fully saturated rings. The molecule has 0 radical (unpaired) electrons. The molecule has 0 saturated heterocycles. The first kappa shape index (κ1) is 24.3. The molecule has 1 saturated carbocycles. The van der Waals surface area contributed by atoms with Crippen molar-refractivity contribution in [1.82, 2.24) is 0 Å². The third-order valence-electron chi connectivity index (χ3n) is 7.05. The molecule has 1 aliphatic rings. The molecule has 0 spiro atoms. The summed E-state index contributed by atoms with van der Waals surface area (Å²) in [7, 11) is 0. The van der Waals surface area contributed by atoms with E-state index in [1.165, 1.54) is 49.8 Å². The normalized spacial score (nSPS) is 18.4. The molecule has 0 bridgehead atoms. The number of hydrogen-bond acceptors (Lipinski definition) is 1. The quantitative estimate of drug-likeness (QED) is 0.224. The molecule has 3 aromatic rings. The summed E-state index contributed by atoms with van der Waals surface area (Å²) in [5, 5.41) is 1.49. The topological polar surface area (TPSA) is 9.23 Å². The summed E-state index contributed by atoms with van der Waals surface area (Å²) >= 11 is 0. The first-order valence-electron chi connectivity index (χ1n) is 12.0. The van der Waals surface area contributed by atoms with E-state index in [1.807, 2.05) is 18.2 Å². The zero-order chi connectivity index (χ0) is 24.1. The van der Waals surface area contributed by atoms with Crippen LogP contribution in [0.25, 0.3) is 10.8 Å². The minimum atomic E-state index is -3.08. The van der Waals surface area contributed by atoms with Gasteiger partial charge in [-0.15, -0.1) is 6.58 Å². The van der Waals surface area contributed by atoms with E-state index in [2.05, 4.69) is 23.4 Å². The van der Waals surface area contributed by atoms with E-state index in [0.29, 0.717) is 35.3 Å². The van der Waals surface area contributed by atoms with Gasteiger partial charge < -0.3 is 4.74 Å². The second-order valence-electron chi connectivity index (χ2n) is 9.25. The maximum absolute atomic E-state index is 15.2. The lowest BCUT2D eigenvalue weighted by atomic mass is 9.77. The Morgan fingerprint density at radius 2 is 1.74 bits per heavy atom. The molecule has 0 aromatic heterocycles. The lowest BCUT2D eigenvalue weighted by Crippen LogP contribution is -2.13. The molecule has 34 heavy (non-hydrogen) atoms. The lowest BCUT2D eigenvalue weighted by molar-refractivity contribution is -0.0522. The average molecular weight is 471 g/mol. The fourth-order valence-corrected chi connectivity index (χ4v) is 5.11. The standard InChI is InChI=1S/C29H30F4O/c1-2-3-4-19-5-9-21(10-6-19)23-14-15-25-24(18-23)13-12-22(28(25)31)11-7-20-8-16-27(26(30)17-20)34-29(32)33/h2,8,12-19,21,29H,1,3-7,9-11H2. The predicted molar refractivity (Wildman–Crippen MR) is 128 cm³/mol. The van der Waals surface area contributed by atoms with Gasteiger partial charge in [-0.05, 0) is 97.4 Å². The van der Waals surface area contributed by atoms with Crippen LogP contribution in [0.2, 0.25) is 0 Å². The Kier molecular flexibility index (Phi) is 7.91. The van der Waals surface area contributed by atoms with Crippen LogP contribution in [0.1, 0.15) is 61.1 Å². The van der Waals surface area contributed by atoms with Gasteiger partial charge in [0.25, 0.3) is 0 Å². The Balaban J connectivity index is 1.42. The average Bonchev–Trinajstić information content (AvgIpc) is 2.84. The van der Waals surface area contributed by atoms with Crippen molar-refractivity contribution in [2.45, 2.75) is 63.9 Å². The van der Waals surface area contributed by atoms with E-state index in [0.717, 1.165) is 23.8 Å². The molecular formula is C29H30F4O. The number of allylic oxidation sites excluding steroid dienone is 1. The Morgan fingerprint density at radius 3 is 2.44 bits per heavy atom. The molecule has 0 unspecified atom stereocenters. The second kappa shape index (κ2) is 11.1. The van der Waals surface area contributed by atoms with Crippen LogP contribution in [-0.2, 0) is 12.8 Å².